The number of rotatable bonds is 4. The fourth-order valence-corrected chi connectivity index (χ4v) is 3.45. The van der Waals surface area contributed by atoms with Gasteiger partial charge in [-0.2, -0.15) is 5.26 Å². The topological polar surface area (TPSA) is 82.7 Å². The molecule has 6 heteroatoms. The molecule has 1 aliphatic rings. The maximum Gasteiger partial charge on any atom is 0.344 e. The number of aliphatic hydroxyl groups excluding tert-OH is 1. The van der Waals surface area contributed by atoms with Gasteiger partial charge in [-0.3, -0.25) is 0 Å². The van der Waals surface area contributed by atoms with Crippen LogP contribution in [-0.2, 0) is 9.53 Å². The molecule has 1 heterocycles. The van der Waals surface area contributed by atoms with Gasteiger partial charge < -0.3 is 9.84 Å². The number of thioether (sulfide) groups is 1. The summed E-state index contributed by atoms with van der Waals surface area (Å²) >= 11 is 1.20. The Bertz CT molecular complexity index is 984. The van der Waals surface area contributed by atoms with E-state index in [4.69, 9.17) is 10.00 Å². The summed E-state index contributed by atoms with van der Waals surface area (Å²) in [6.45, 7) is 1.91. The van der Waals surface area contributed by atoms with Crippen molar-refractivity contribution in [1.82, 2.24) is 0 Å². The van der Waals surface area contributed by atoms with Crippen molar-refractivity contribution in [3.63, 3.8) is 0 Å². The number of aliphatic imine (C=N–C) groups is 1. The minimum Gasteiger partial charge on any atom is -0.506 e. The number of carbonyl (C=O) groups is 1. The van der Waals surface area contributed by atoms with E-state index >= 15 is 0 Å². The van der Waals surface area contributed by atoms with E-state index in [1.165, 1.54) is 11.8 Å². The fraction of sp³-hybridized carbons (Fsp3) is 0.0952. The van der Waals surface area contributed by atoms with E-state index in [-0.39, 0.29) is 17.9 Å². The summed E-state index contributed by atoms with van der Waals surface area (Å²) in [5.41, 5.74) is 2.08. The highest BCUT2D eigenvalue weighted by molar-refractivity contribution is 8.18. The van der Waals surface area contributed by atoms with Crippen LogP contribution in [0, 0.1) is 11.3 Å². The molecule has 1 aliphatic heterocycles. The highest BCUT2D eigenvalue weighted by Gasteiger charge is 2.33. The van der Waals surface area contributed by atoms with Gasteiger partial charge in [0.1, 0.15) is 16.4 Å². The van der Waals surface area contributed by atoms with Gasteiger partial charge in [0.15, 0.2) is 0 Å². The largest absolute Gasteiger partial charge is 0.506 e. The van der Waals surface area contributed by atoms with Crippen LogP contribution in [0.5, 0.6) is 0 Å². The SMILES string of the molecule is CCOC(=O)C1=C(O)/C(=C\c2ccc(C#N)cc2)SC1=Nc1ccccc1. The van der Waals surface area contributed by atoms with Crippen LogP contribution in [0.25, 0.3) is 6.08 Å². The van der Waals surface area contributed by atoms with Crippen molar-refractivity contribution in [1.29, 1.82) is 5.26 Å². The standard InChI is InChI=1S/C21H16N2O3S/c1-2-26-21(25)18-19(24)17(12-14-8-10-15(13-22)11-9-14)27-20(18)23-16-6-4-3-5-7-16/h3-12,24H,2H2,1H3/b17-12+,23-20?. The van der Waals surface area contributed by atoms with Crippen molar-refractivity contribution >= 4 is 34.5 Å². The molecule has 134 valence electrons. The molecule has 0 unspecified atom stereocenters. The molecular formula is C21H16N2O3S. The van der Waals surface area contributed by atoms with Crippen LogP contribution in [0.2, 0.25) is 0 Å². The summed E-state index contributed by atoms with van der Waals surface area (Å²) in [5.74, 6) is -0.766. The van der Waals surface area contributed by atoms with E-state index in [0.29, 0.717) is 21.2 Å². The molecular weight excluding hydrogens is 360 g/mol. The zero-order valence-electron chi connectivity index (χ0n) is 14.5. The minimum absolute atomic E-state index is 0.0607. The second-order valence-corrected chi connectivity index (χ2v) is 6.57. The predicted molar refractivity (Wildman–Crippen MR) is 107 cm³/mol. The van der Waals surface area contributed by atoms with Gasteiger partial charge in [-0.05, 0) is 42.8 Å². The first-order chi connectivity index (χ1) is 13.1. The lowest BCUT2D eigenvalue weighted by Crippen LogP contribution is -2.12. The molecule has 0 atom stereocenters. The van der Waals surface area contributed by atoms with Crippen LogP contribution in [-0.4, -0.2) is 22.7 Å². The molecule has 0 spiro atoms. The van der Waals surface area contributed by atoms with Gasteiger partial charge in [0.25, 0.3) is 0 Å². The minimum atomic E-state index is -0.611. The first-order valence-electron chi connectivity index (χ1n) is 8.27. The monoisotopic (exact) mass is 376 g/mol. The van der Waals surface area contributed by atoms with Crippen LogP contribution >= 0.6 is 11.8 Å². The van der Waals surface area contributed by atoms with Crippen molar-refractivity contribution in [3.05, 3.63) is 82.0 Å². The van der Waals surface area contributed by atoms with E-state index in [0.717, 1.165) is 5.56 Å². The zero-order valence-corrected chi connectivity index (χ0v) is 15.4. The molecule has 0 bridgehead atoms. The Morgan fingerprint density at radius 1 is 1.22 bits per heavy atom. The lowest BCUT2D eigenvalue weighted by molar-refractivity contribution is -0.138. The number of ether oxygens (including phenoxy) is 1. The van der Waals surface area contributed by atoms with Gasteiger partial charge in [-0.25, -0.2) is 9.79 Å². The number of hydrogen-bond donors (Lipinski definition) is 1. The van der Waals surface area contributed by atoms with Gasteiger partial charge in [0.2, 0.25) is 0 Å². The third-order valence-corrected chi connectivity index (χ3v) is 4.71. The van der Waals surface area contributed by atoms with E-state index < -0.39 is 5.97 Å². The number of aliphatic hydroxyl groups is 1. The lowest BCUT2D eigenvalue weighted by Gasteiger charge is -2.03. The second kappa shape index (κ2) is 8.39. The van der Waals surface area contributed by atoms with Gasteiger partial charge in [-0.1, -0.05) is 42.1 Å². The Morgan fingerprint density at radius 2 is 1.93 bits per heavy atom. The van der Waals surface area contributed by atoms with Crippen LogP contribution in [0.15, 0.2) is 75.8 Å². The molecule has 0 amide bonds. The predicted octanol–water partition coefficient (Wildman–Crippen LogP) is 4.75. The summed E-state index contributed by atoms with van der Waals surface area (Å²) in [4.78, 5) is 17.3. The Labute approximate surface area is 161 Å². The molecule has 0 fully saturated rings. The fourth-order valence-electron chi connectivity index (χ4n) is 2.42. The number of nitriles is 1. The van der Waals surface area contributed by atoms with Crippen molar-refractivity contribution in [2.45, 2.75) is 6.92 Å². The first kappa shape index (κ1) is 18.5. The van der Waals surface area contributed by atoms with Crippen LogP contribution in [0.4, 0.5) is 5.69 Å². The highest BCUT2D eigenvalue weighted by atomic mass is 32.2. The second-order valence-electron chi connectivity index (χ2n) is 5.54. The van der Waals surface area contributed by atoms with E-state index in [1.54, 1.807) is 37.3 Å². The normalized spacial score (nSPS) is 16.6. The number of esters is 1. The van der Waals surface area contributed by atoms with Crippen LogP contribution < -0.4 is 0 Å². The average Bonchev–Trinajstić information content (AvgIpc) is 2.98. The summed E-state index contributed by atoms with van der Waals surface area (Å²) in [7, 11) is 0. The summed E-state index contributed by atoms with van der Waals surface area (Å²) in [6.07, 6.45) is 1.74. The molecule has 5 nitrogen and oxygen atoms in total. The van der Waals surface area contributed by atoms with Crippen molar-refractivity contribution in [3.8, 4) is 6.07 Å². The number of hydrogen-bond acceptors (Lipinski definition) is 6. The molecule has 0 saturated heterocycles. The Hall–Kier alpha value is -3.30. The van der Waals surface area contributed by atoms with Gasteiger partial charge >= 0.3 is 5.97 Å². The van der Waals surface area contributed by atoms with E-state index in [1.807, 2.05) is 30.3 Å². The molecule has 0 saturated carbocycles. The Morgan fingerprint density at radius 3 is 2.56 bits per heavy atom. The first-order valence-corrected chi connectivity index (χ1v) is 9.08. The van der Waals surface area contributed by atoms with E-state index in [2.05, 4.69) is 11.1 Å². The quantitative estimate of drug-likeness (QED) is 0.779. The van der Waals surface area contributed by atoms with E-state index in [9.17, 15) is 9.90 Å². The molecule has 0 aliphatic carbocycles. The number of carbonyl (C=O) groups excluding carboxylic acids is 1. The molecule has 2 aromatic rings. The van der Waals surface area contributed by atoms with Gasteiger partial charge in [-0.15, -0.1) is 0 Å². The third-order valence-electron chi connectivity index (χ3n) is 3.69. The molecule has 3 rings (SSSR count). The maximum atomic E-state index is 12.3. The van der Waals surface area contributed by atoms with Crippen molar-refractivity contribution in [2.24, 2.45) is 4.99 Å². The highest BCUT2D eigenvalue weighted by Crippen LogP contribution is 2.40. The zero-order chi connectivity index (χ0) is 19.2. The van der Waals surface area contributed by atoms with Crippen molar-refractivity contribution < 1.29 is 14.6 Å². The van der Waals surface area contributed by atoms with Gasteiger partial charge in [0, 0.05) is 0 Å². The third kappa shape index (κ3) is 4.27. The summed E-state index contributed by atoms with van der Waals surface area (Å²) in [6, 6.07) is 18.2. The molecule has 0 radical (unpaired) electrons. The number of nitrogens with zero attached hydrogens (tertiary/aromatic N) is 2. The Kier molecular flexibility index (Phi) is 5.74. The average molecular weight is 376 g/mol. The van der Waals surface area contributed by atoms with Crippen LogP contribution in [0.3, 0.4) is 0 Å². The van der Waals surface area contributed by atoms with Crippen LogP contribution in [0.1, 0.15) is 18.1 Å². The number of para-hydroxylation sites is 1. The summed E-state index contributed by atoms with van der Waals surface area (Å²) in [5, 5.41) is 19.9. The maximum absolute atomic E-state index is 12.3. The smallest absolute Gasteiger partial charge is 0.344 e. The molecule has 27 heavy (non-hydrogen) atoms. The summed E-state index contributed by atoms with van der Waals surface area (Å²) < 4.78 is 5.08. The molecule has 1 N–H and O–H groups in total. The molecule has 0 aromatic heterocycles. The van der Waals surface area contributed by atoms with Gasteiger partial charge in [0.05, 0.1) is 28.8 Å². The lowest BCUT2D eigenvalue weighted by atomic mass is 10.1. The molecule has 2 aromatic carbocycles. The van der Waals surface area contributed by atoms with Crippen molar-refractivity contribution in [2.75, 3.05) is 6.61 Å². The Balaban J connectivity index is 2.01. The number of benzene rings is 2.